The van der Waals surface area contributed by atoms with Crippen molar-refractivity contribution >= 4 is 34.3 Å². The number of amides is 2. The molecule has 3 heterocycles. The van der Waals surface area contributed by atoms with Crippen molar-refractivity contribution in [3.63, 3.8) is 0 Å². The number of nitrogens with zero attached hydrogens (tertiary/aromatic N) is 1. The summed E-state index contributed by atoms with van der Waals surface area (Å²) in [5.41, 5.74) is 8.43. The molecule has 0 bridgehead atoms. The molecule has 0 unspecified atom stereocenters. The zero-order chi connectivity index (χ0) is 19.7. The monoisotopic (exact) mass is 387 g/mol. The molecule has 140 valence electrons. The fourth-order valence-corrected chi connectivity index (χ4v) is 3.41. The summed E-state index contributed by atoms with van der Waals surface area (Å²) in [6, 6.07) is 1.59. The molecule has 0 aliphatic heterocycles. The van der Waals surface area contributed by atoms with Crippen LogP contribution >= 0.6 is 11.3 Å². The normalized spacial score (nSPS) is 10.6. The highest BCUT2D eigenvalue weighted by atomic mass is 32.1. The summed E-state index contributed by atoms with van der Waals surface area (Å²) in [6.45, 7) is 3.36. The lowest BCUT2D eigenvalue weighted by Gasteiger charge is -2.02. The van der Waals surface area contributed by atoms with E-state index >= 15 is 0 Å². The highest BCUT2D eigenvalue weighted by molar-refractivity contribution is 7.14. The molecule has 0 saturated carbocycles. The van der Waals surface area contributed by atoms with Crippen molar-refractivity contribution in [3.05, 3.63) is 45.9 Å². The second kappa shape index (κ2) is 7.08. The molecule has 10 heteroatoms. The maximum Gasteiger partial charge on any atom is 0.339 e. The maximum atomic E-state index is 12.6. The van der Waals surface area contributed by atoms with Crippen molar-refractivity contribution in [1.29, 1.82) is 0 Å². The topological polar surface area (TPSA) is 143 Å². The molecule has 2 amide bonds. The van der Waals surface area contributed by atoms with Gasteiger partial charge in [0, 0.05) is 22.8 Å². The Morgan fingerprint density at radius 2 is 2.04 bits per heavy atom. The van der Waals surface area contributed by atoms with E-state index in [0.717, 1.165) is 0 Å². The number of aromatic amines is 2. The van der Waals surface area contributed by atoms with Crippen LogP contribution < -0.4 is 11.1 Å². The van der Waals surface area contributed by atoms with Crippen LogP contribution in [0, 0.1) is 13.8 Å². The number of esters is 1. The van der Waals surface area contributed by atoms with Crippen molar-refractivity contribution < 1.29 is 19.1 Å². The minimum absolute atomic E-state index is 0.266. The number of aryl methyl sites for hydroxylation is 1. The lowest BCUT2D eigenvalue weighted by Crippen LogP contribution is -2.14. The van der Waals surface area contributed by atoms with E-state index in [0.29, 0.717) is 33.2 Å². The van der Waals surface area contributed by atoms with Crippen LogP contribution in [0.4, 0.5) is 5.13 Å². The van der Waals surface area contributed by atoms with Crippen LogP contribution in [0.15, 0.2) is 17.6 Å². The average molecular weight is 387 g/mol. The number of carbonyl (C=O) groups excluding carboxylic acids is 3. The summed E-state index contributed by atoms with van der Waals surface area (Å²) in [5.74, 6) is -1.49. The van der Waals surface area contributed by atoms with E-state index in [-0.39, 0.29) is 11.4 Å². The molecule has 3 aromatic rings. The third-order valence-corrected chi connectivity index (χ3v) is 4.78. The molecular formula is C17H17N5O4S. The van der Waals surface area contributed by atoms with Gasteiger partial charge in [0.15, 0.2) is 5.13 Å². The molecule has 9 nitrogen and oxygen atoms in total. The molecule has 0 radical (unpaired) electrons. The van der Waals surface area contributed by atoms with E-state index in [1.807, 2.05) is 0 Å². The number of aromatic nitrogens is 3. The summed E-state index contributed by atoms with van der Waals surface area (Å²) in [7, 11) is 1.29. The van der Waals surface area contributed by atoms with Gasteiger partial charge >= 0.3 is 5.97 Å². The van der Waals surface area contributed by atoms with E-state index in [9.17, 15) is 14.4 Å². The van der Waals surface area contributed by atoms with Crippen molar-refractivity contribution in [3.8, 4) is 11.3 Å². The van der Waals surface area contributed by atoms with E-state index in [1.165, 1.54) is 18.4 Å². The van der Waals surface area contributed by atoms with Gasteiger partial charge in [-0.05, 0) is 25.5 Å². The molecule has 0 aromatic carbocycles. The van der Waals surface area contributed by atoms with E-state index in [2.05, 4.69) is 20.3 Å². The van der Waals surface area contributed by atoms with Gasteiger partial charge in [-0.3, -0.25) is 14.9 Å². The van der Waals surface area contributed by atoms with Gasteiger partial charge in [0.1, 0.15) is 11.4 Å². The predicted octanol–water partition coefficient (Wildman–Crippen LogP) is 2.22. The molecule has 0 spiro atoms. The molecule has 0 fully saturated rings. The Kier molecular flexibility index (Phi) is 4.82. The van der Waals surface area contributed by atoms with Crippen molar-refractivity contribution in [2.75, 3.05) is 12.4 Å². The smallest absolute Gasteiger partial charge is 0.339 e. The van der Waals surface area contributed by atoms with E-state index in [1.54, 1.807) is 31.5 Å². The molecule has 0 saturated heterocycles. The zero-order valence-corrected chi connectivity index (χ0v) is 15.6. The van der Waals surface area contributed by atoms with Crippen LogP contribution in [0.3, 0.4) is 0 Å². The molecular weight excluding hydrogens is 370 g/mol. The number of nitrogens with one attached hydrogen (secondary N) is 3. The Labute approximate surface area is 158 Å². The summed E-state index contributed by atoms with van der Waals surface area (Å²) < 4.78 is 4.74. The lowest BCUT2D eigenvalue weighted by atomic mass is 10.1. The van der Waals surface area contributed by atoms with Gasteiger partial charge in [0.05, 0.1) is 18.4 Å². The largest absolute Gasteiger partial charge is 0.465 e. The number of anilines is 1. The fraction of sp³-hybridized carbons (Fsp3) is 0.176. The second-order valence-corrected chi connectivity index (χ2v) is 6.63. The number of methoxy groups -OCH3 is 1. The number of thiazole rings is 1. The minimum atomic E-state index is -0.566. The number of ether oxygens (including phenoxy) is 1. The Balaban J connectivity index is 1.80. The molecule has 3 aromatic heterocycles. The highest BCUT2D eigenvalue weighted by Gasteiger charge is 2.23. The third kappa shape index (κ3) is 3.47. The van der Waals surface area contributed by atoms with Gasteiger partial charge in [-0.15, -0.1) is 11.3 Å². The number of carbonyl (C=O) groups is 3. The molecule has 0 aliphatic carbocycles. The van der Waals surface area contributed by atoms with Crippen LogP contribution in [0.1, 0.15) is 42.6 Å². The van der Waals surface area contributed by atoms with Crippen LogP contribution in [0.25, 0.3) is 11.3 Å². The van der Waals surface area contributed by atoms with Crippen LogP contribution in [-0.2, 0) is 4.74 Å². The number of H-pyrrole nitrogens is 2. The highest BCUT2D eigenvalue weighted by Crippen LogP contribution is 2.26. The molecule has 3 rings (SSSR count). The van der Waals surface area contributed by atoms with Crippen LogP contribution in [-0.4, -0.2) is 39.8 Å². The number of primary amides is 1. The average Bonchev–Trinajstić information content (AvgIpc) is 3.33. The van der Waals surface area contributed by atoms with Crippen LogP contribution in [0.2, 0.25) is 0 Å². The SMILES string of the molecule is COC(=O)c1c(C)[nH]c(C(=O)Nc2nc(-c3c[nH]c(C(N)=O)c3)cs2)c1C. The third-order valence-electron chi connectivity index (χ3n) is 4.02. The Morgan fingerprint density at radius 3 is 2.67 bits per heavy atom. The van der Waals surface area contributed by atoms with Gasteiger partial charge in [-0.1, -0.05) is 0 Å². The van der Waals surface area contributed by atoms with Gasteiger partial charge in [-0.2, -0.15) is 0 Å². The number of hydrogen-bond acceptors (Lipinski definition) is 6. The van der Waals surface area contributed by atoms with E-state index < -0.39 is 17.8 Å². The minimum Gasteiger partial charge on any atom is -0.465 e. The summed E-state index contributed by atoms with van der Waals surface area (Å²) in [4.78, 5) is 45.6. The summed E-state index contributed by atoms with van der Waals surface area (Å²) in [6.07, 6.45) is 1.61. The first-order chi connectivity index (χ1) is 12.8. The first-order valence-electron chi connectivity index (χ1n) is 7.84. The van der Waals surface area contributed by atoms with Gasteiger partial charge in [0.2, 0.25) is 0 Å². The first-order valence-corrected chi connectivity index (χ1v) is 8.72. The van der Waals surface area contributed by atoms with Crippen molar-refractivity contribution in [2.45, 2.75) is 13.8 Å². The lowest BCUT2D eigenvalue weighted by molar-refractivity contribution is 0.0599. The second-order valence-electron chi connectivity index (χ2n) is 5.77. The first kappa shape index (κ1) is 18.4. The number of hydrogen-bond donors (Lipinski definition) is 4. The van der Waals surface area contributed by atoms with Gasteiger partial charge < -0.3 is 20.4 Å². The summed E-state index contributed by atoms with van der Waals surface area (Å²) >= 11 is 1.23. The molecule has 27 heavy (non-hydrogen) atoms. The standard InChI is InChI=1S/C17H17N5O4S/c1-7-12(16(25)26-3)8(2)20-13(7)15(24)22-17-21-11(6-27-17)9-4-10(14(18)23)19-5-9/h4-6,19-20H,1-3H3,(H2,18,23)(H,21,22,24). The zero-order valence-electron chi connectivity index (χ0n) is 14.8. The quantitative estimate of drug-likeness (QED) is 0.496. The van der Waals surface area contributed by atoms with E-state index in [4.69, 9.17) is 10.5 Å². The maximum absolute atomic E-state index is 12.6. The van der Waals surface area contributed by atoms with Gasteiger partial charge in [0.25, 0.3) is 11.8 Å². The Bertz CT molecular complexity index is 1050. The number of nitrogens with two attached hydrogens (primary N) is 1. The molecule has 5 N–H and O–H groups in total. The van der Waals surface area contributed by atoms with Crippen LogP contribution in [0.5, 0.6) is 0 Å². The molecule has 0 aliphatic rings. The fourth-order valence-electron chi connectivity index (χ4n) is 2.69. The summed E-state index contributed by atoms with van der Waals surface area (Å²) in [5, 5.41) is 4.82. The predicted molar refractivity (Wildman–Crippen MR) is 100.0 cm³/mol. The Hall–Kier alpha value is -3.40. The molecule has 0 atom stereocenters. The number of rotatable bonds is 5. The van der Waals surface area contributed by atoms with Crippen molar-refractivity contribution in [1.82, 2.24) is 15.0 Å². The van der Waals surface area contributed by atoms with Gasteiger partial charge in [-0.25, -0.2) is 9.78 Å². The van der Waals surface area contributed by atoms with Crippen molar-refractivity contribution in [2.24, 2.45) is 5.73 Å². The Morgan fingerprint density at radius 1 is 1.30 bits per heavy atom.